The molecule has 0 aromatic heterocycles. The van der Waals surface area contributed by atoms with E-state index in [-0.39, 0.29) is 18.6 Å². The average molecular weight is 356 g/mol. The van der Waals surface area contributed by atoms with E-state index in [0.717, 1.165) is 31.0 Å². The third-order valence-corrected chi connectivity index (χ3v) is 5.84. The largest absolute Gasteiger partial charge is 0.479 e. The zero-order valence-corrected chi connectivity index (χ0v) is 15.5. The lowest BCUT2D eigenvalue weighted by Gasteiger charge is -2.27. The second-order valence-corrected chi connectivity index (χ2v) is 7.45. The van der Waals surface area contributed by atoms with Crippen LogP contribution < -0.4 is 4.74 Å². The summed E-state index contributed by atoms with van der Waals surface area (Å²) in [6.07, 6.45) is 7.53. The molecule has 2 fully saturated rings. The quantitative estimate of drug-likeness (QED) is 0.730. The molecule has 1 saturated carbocycles. The molecule has 5 heteroatoms. The summed E-state index contributed by atoms with van der Waals surface area (Å²) in [6, 6.07) is 9.62. The smallest absolute Gasteiger partial charge is 0.323 e. The SMILES string of the molecule is COC(=O)[C@@H]1C[C@@H](C2CCCCC2)CN1Cc1ccc(OCC#N)cc1. The Kier molecular flexibility index (Phi) is 6.51. The number of nitrogens with zero attached hydrogens (tertiary/aromatic N) is 2. The van der Waals surface area contributed by atoms with Crippen LogP contribution in [0.5, 0.6) is 5.75 Å². The Morgan fingerprint density at radius 1 is 1.19 bits per heavy atom. The predicted molar refractivity (Wildman–Crippen MR) is 98.4 cm³/mol. The van der Waals surface area contributed by atoms with E-state index in [1.165, 1.54) is 39.2 Å². The highest BCUT2D eigenvalue weighted by Gasteiger charge is 2.40. The Morgan fingerprint density at radius 3 is 2.58 bits per heavy atom. The molecular formula is C21H28N2O3. The highest BCUT2D eigenvalue weighted by Crippen LogP contribution is 2.38. The molecule has 5 nitrogen and oxygen atoms in total. The number of methoxy groups -OCH3 is 1. The fourth-order valence-corrected chi connectivity index (χ4v) is 4.48. The Labute approximate surface area is 155 Å². The van der Waals surface area contributed by atoms with Crippen molar-refractivity contribution in [1.82, 2.24) is 4.90 Å². The molecule has 2 atom stereocenters. The summed E-state index contributed by atoms with van der Waals surface area (Å²) < 4.78 is 10.4. The third-order valence-electron chi connectivity index (χ3n) is 5.84. The molecular weight excluding hydrogens is 328 g/mol. The van der Waals surface area contributed by atoms with Crippen molar-refractivity contribution in [3.63, 3.8) is 0 Å². The first-order valence-electron chi connectivity index (χ1n) is 9.62. The van der Waals surface area contributed by atoms with Gasteiger partial charge < -0.3 is 9.47 Å². The second kappa shape index (κ2) is 9.05. The van der Waals surface area contributed by atoms with Crippen LogP contribution >= 0.6 is 0 Å². The van der Waals surface area contributed by atoms with E-state index in [1.807, 2.05) is 30.3 Å². The summed E-state index contributed by atoms with van der Waals surface area (Å²) in [4.78, 5) is 14.6. The van der Waals surface area contributed by atoms with E-state index in [9.17, 15) is 4.79 Å². The van der Waals surface area contributed by atoms with Gasteiger partial charge in [0.1, 0.15) is 17.9 Å². The highest BCUT2D eigenvalue weighted by molar-refractivity contribution is 5.76. The van der Waals surface area contributed by atoms with Crippen LogP contribution in [-0.4, -0.2) is 37.2 Å². The van der Waals surface area contributed by atoms with Gasteiger partial charge in [0.05, 0.1) is 7.11 Å². The predicted octanol–water partition coefficient (Wildman–Crippen LogP) is 3.53. The average Bonchev–Trinajstić information content (AvgIpc) is 3.11. The van der Waals surface area contributed by atoms with Gasteiger partial charge in [0, 0.05) is 13.1 Å². The lowest BCUT2D eigenvalue weighted by atomic mass is 9.79. The van der Waals surface area contributed by atoms with Crippen molar-refractivity contribution in [2.75, 3.05) is 20.3 Å². The molecule has 1 aliphatic heterocycles. The zero-order chi connectivity index (χ0) is 18.4. The number of benzene rings is 1. The van der Waals surface area contributed by atoms with Crippen LogP contribution in [-0.2, 0) is 16.1 Å². The fourth-order valence-electron chi connectivity index (χ4n) is 4.48. The number of carbonyl (C=O) groups is 1. The number of hydrogen-bond acceptors (Lipinski definition) is 5. The van der Waals surface area contributed by atoms with Crippen LogP contribution in [0, 0.1) is 23.2 Å². The number of likely N-dealkylation sites (tertiary alicyclic amines) is 1. The van der Waals surface area contributed by atoms with Gasteiger partial charge in [-0.1, -0.05) is 44.2 Å². The third kappa shape index (κ3) is 4.56. The Morgan fingerprint density at radius 2 is 1.92 bits per heavy atom. The standard InChI is InChI=1S/C21H28N2O3/c1-25-21(24)20-13-18(17-5-3-2-4-6-17)15-23(20)14-16-7-9-19(10-8-16)26-12-11-22/h7-10,17-18,20H,2-6,12-15H2,1H3/t18-,20+/m1/s1. The van der Waals surface area contributed by atoms with Crippen LogP contribution in [0.25, 0.3) is 0 Å². The van der Waals surface area contributed by atoms with Crippen molar-refractivity contribution in [3.8, 4) is 11.8 Å². The van der Waals surface area contributed by atoms with E-state index < -0.39 is 0 Å². The van der Waals surface area contributed by atoms with Crippen LogP contribution in [0.2, 0.25) is 0 Å². The van der Waals surface area contributed by atoms with Crippen molar-refractivity contribution < 1.29 is 14.3 Å². The van der Waals surface area contributed by atoms with Gasteiger partial charge in [-0.05, 0) is 36.0 Å². The Bertz CT molecular complexity index is 632. The molecule has 140 valence electrons. The number of hydrogen-bond donors (Lipinski definition) is 0. The number of ether oxygens (including phenoxy) is 2. The minimum atomic E-state index is -0.138. The van der Waals surface area contributed by atoms with Crippen LogP contribution in [0.4, 0.5) is 0 Å². The first-order valence-corrected chi connectivity index (χ1v) is 9.62. The van der Waals surface area contributed by atoms with Crippen molar-refractivity contribution in [2.45, 2.75) is 51.1 Å². The minimum Gasteiger partial charge on any atom is -0.479 e. The molecule has 0 N–H and O–H groups in total. The summed E-state index contributed by atoms with van der Waals surface area (Å²) in [5.41, 5.74) is 1.15. The molecule has 1 aromatic carbocycles. The van der Waals surface area contributed by atoms with Gasteiger partial charge in [0.2, 0.25) is 0 Å². The van der Waals surface area contributed by atoms with Gasteiger partial charge in [-0.15, -0.1) is 0 Å². The minimum absolute atomic E-state index is 0.0545. The molecule has 1 aliphatic carbocycles. The molecule has 1 aromatic rings. The van der Waals surface area contributed by atoms with Crippen molar-refractivity contribution in [3.05, 3.63) is 29.8 Å². The van der Waals surface area contributed by atoms with Gasteiger partial charge in [-0.25, -0.2) is 0 Å². The van der Waals surface area contributed by atoms with Crippen molar-refractivity contribution in [1.29, 1.82) is 5.26 Å². The number of rotatable bonds is 6. The maximum atomic E-state index is 12.3. The molecule has 1 saturated heterocycles. The van der Waals surface area contributed by atoms with Gasteiger partial charge in [-0.3, -0.25) is 9.69 Å². The van der Waals surface area contributed by atoms with Gasteiger partial charge in [0.25, 0.3) is 0 Å². The summed E-state index contributed by atoms with van der Waals surface area (Å²) in [7, 11) is 1.48. The van der Waals surface area contributed by atoms with Crippen molar-refractivity contribution >= 4 is 5.97 Å². The molecule has 1 heterocycles. The van der Waals surface area contributed by atoms with E-state index in [2.05, 4.69) is 4.90 Å². The first-order chi connectivity index (χ1) is 12.7. The summed E-state index contributed by atoms with van der Waals surface area (Å²) >= 11 is 0. The monoisotopic (exact) mass is 356 g/mol. The highest BCUT2D eigenvalue weighted by atomic mass is 16.5. The molecule has 2 aliphatic rings. The summed E-state index contributed by atoms with van der Waals surface area (Å²) in [5.74, 6) is 1.93. The molecule has 0 bridgehead atoms. The fraction of sp³-hybridized carbons (Fsp3) is 0.619. The molecule has 0 unspecified atom stereocenters. The molecule has 26 heavy (non-hydrogen) atoms. The molecule has 0 radical (unpaired) electrons. The van der Waals surface area contributed by atoms with E-state index in [1.54, 1.807) is 0 Å². The van der Waals surface area contributed by atoms with E-state index in [4.69, 9.17) is 14.7 Å². The number of esters is 1. The number of nitriles is 1. The lowest BCUT2D eigenvalue weighted by Crippen LogP contribution is -2.36. The Hall–Kier alpha value is -2.06. The number of carbonyl (C=O) groups excluding carboxylic acids is 1. The van der Waals surface area contributed by atoms with Crippen molar-refractivity contribution in [2.24, 2.45) is 11.8 Å². The van der Waals surface area contributed by atoms with Crippen LogP contribution in [0.1, 0.15) is 44.1 Å². The van der Waals surface area contributed by atoms with Crippen LogP contribution in [0.3, 0.4) is 0 Å². The second-order valence-electron chi connectivity index (χ2n) is 7.45. The lowest BCUT2D eigenvalue weighted by molar-refractivity contribution is -0.146. The molecule has 0 spiro atoms. The zero-order valence-electron chi connectivity index (χ0n) is 15.5. The summed E-state index contributed by atoms with van der Waals surface area (Å²) in [6.45, 7) is 1.76. The molecule has 3 rings (SSSR count). The van der Waals surface area contributed by atoms with Crippen LogP contribution in [0.15, 0.2) is 24.3 Å². The molecule has 0 amide bonds. The Balaban J connectivity index is 1.65. The topological polar surface area (TPSA) is 62.6 Å². The summed E-state index contributed by atoms with van der Waals surface area (Å²) in [5, 5.41) is 8.58. The maximum absolute atomic E-state index is 12.3. The first kappa shape index (κ1) is 18.7. The van der Waals surface area contributed by atoms with E-state index >= 15 is 0 Å². The van der Waals surface area contributed by atoms with Gasteiger partial charge >= 0.3 is 5.97 Å². The van der Waals surface area contributed by atoms with E-state index in [0.29, 0.717) is 11.7 Å². The maximum Gasteiger partial charge on any atom is 0.323 e. The normalized spacial score (nSPS) is 24.2. The van der Waals surface area contributed by atoms with Gasteiger partial charge in [-0.2, -0.15) is 5.26 Å². The van der Waals surface area contributed by atoms with Gasteiger partial charge in [0.15, 0.2) is 6.61 Å².